The summed E-state index contributed by atoms with van der Waals surface area (Å²) in [6.45, 7) is 5.73. The van der Waals surface area contributed by atoms with Crippen LogP contribution in [0.25, 0.3) is 10.9 Å². The largest absolute Gasteiger partial charge is 0.296 e. The van der Waals surface area contributed by atoms with Gasteiger partial charge < -0.3 is 0 Å². The molecule has 0 spiro atoms. The van der Waals surface area contributed by atoms with E-state index in [1.807, 2.05) is 17.3 Å². The quantitative estimate of drug-likeness (QED) is 0.338. The molecule has 8 nitrogen and oxygen atoms in total. The zero-order valence-electron chi connectivity index (χ0n) is 18.8. The highest BCUT2D eigenvalue weighted by Gasteiger charge is 2.21. The monoisotopic (exact) mass is 586 g/mol. The van der Waals surface area contributed by atoms with Crippen molar-refractivity contribution in [1.29, 1.82) is 0 Å². The Labute approximate surface area is 216 Å². The third-order valence-electron chi connectivity index (χ3n) is 5.77. The molecule has 2 atom stereocenters. The predicted molar refractivity (Wildman–Crippen MR) is 143 cm³/mol. The number of rotatable bonds is 7. The van der Waals surface area contributed by atoms with Gasteiger partial charge in [0.1, 0.15) is 28.6 Å². The number of hydrogen-bond donors (Lipinski definition) is 1. The molecule has 3 aromatic rings. The highest BCUT2D eigenvalue weighted by molar-refractivity contribution is 9.10. The van der Waals surface area contributed by atoms with E-state index in [1.54, 1.807) is 30.5 Å². The zero-order valence-corrected chi connectivity index (χ0v) is 22.9. The Morgan fingerprint density at radius 2 is 1.94 bits per heavy atom. The molecule has 12 heteroatoms. The van der Waals surface area contributed by atoms with Crippen LogP contribution in [-0.2, 0) is 32.5 Å². The Balaban J connectivity index is 1.60. The molecule has 0 amide bonds. The highest BCUT2D eigenvalue weighted by Crippen LogP contribution is 2.26. The van der Waals surface area contributed by atoms with Gasteiger partial charge >= 0.3 is 0 Å². The highest BCUT2D eigenvalue weighted by atomic mass is 79.9. The summed E-state index contributed by atoms with van der Waals surface area (Å²) in [7, 11) is -2.55. The molecule has 2 unspecified atom stereocenters. The summed E-state index contributed by atoms with van der Waals surface area (Å²) in [6, 6.07) is 8.78. The number of nitrogens with zero attached hydrogens (tertiary/aromatic N) is 4. The van der Waals surface area contributed by atoms with Gasteiger partial charge in [-0.3, -0.25) is 15.1 Å². The van der Waals surface area contributed by atoms with Crippen LogP contribution in [0.4, 0.5) is 5.69 Å². The summed E-state index contributed by atoms with van der Waals surface area (Å²) < 4.78 is 28.2. The lowest BCUT2D eigenvalue weighted by molar-refractivity contribution is 0.186. The molecular formula is C22H26BrClN5O3S2+. The van der Waals surface area contributed by atoms with Crippen molar-refractivity contribution in [2.45, 2.75) is 18.4 Å². The van der Waals surface area contributed by atoms with Crippen molar-refractivity contribution in [3.05, 3.63) is 62.1 Å². The van der Waals surface area contributed by atoms with E-state index in [0.29, 0.717) is 38.8 Å². The van der Waals surface area contributed by atoms with Gasteiger partial charge in [0, 0.05) is 48.5 Å². The molecule has 1 aliphatic heterocycles. The van der Waals surface area contributed by atoms with Crippen LogP contribution in [0.15, 0.2) is 50.8 Å². The van der Waals surface area contributed by atoms with Gasteiger partial charge in [-0.25, -0.2) is 18.2 Å². The average Bonchev–Trinajstić information content (AvgIpc) is 2.82. The van der Waals surface area contributed by atoms with Crippen LogP contribution in [0.2, 0.25) is 5.02 Å². The molecule has 182 valence electrons. The van der Waals surface area contributed by atoms with Gasteiger partial charge in [0.25, 0.3) is 5.56 Å². The maximum atomic E-state index is 13.2. The molecule has 1 saturated heterocycles. The number of piperazine rings is 1. The molecule has 2 heterocycles. The van der Waals surface area contributed by atoms with Gasteiger partial charge in [0.2, 0.25) is 0 Å². The molecule has 0 saturated carbocycles. The molecule has 1 fully saturated rings. The SMILES string of the molecule is CC[SH+](=O)c1ccc(Cl)cc1Nn1cnc2cc(CN3CCN(S(C)=O)CC3)c(Br)cc2c1=O. The van der Waals surface area contributed by atoms with Crippen LogP contribution in [0, 0.1) is 0 Å². The lowest BCUT2D eigenvalue weighted by Crippen LogP contribution is -2.46. The molecular weight excluding hydrogens is 562 g/mol. The molecule has 2 aromatic carbocycles. The van der Waals surface area contributed by atoms with Crippen molar-refractivity contribution >= 4 is 65.9 Å². The normalized spacial score (nSPS) is 17.1. The Bertz CT molecular complexity index is 1330. The Hall–Kier alpha value is -1.63. The fourth-order valence-electron chi connectivity index (χ4n) is 3.89. The topological polar surface area (TPSA) is 87.5 Å². The molecule has 1 aliphatic rings. The van der Waals surface area contributed by atoms with Crippen molar-refractivity contribution in [1.82, 2.24) is 18.9 Å². The van der Waals surface area contributed by atoms with Crippen molar-refractivity contribution in [2.75, 3.05) is 43.6 Å². The zero-order chi connectivity index (χ0) is 24.4. The number of hydrogen-bond acceptors (Lipinski definition) is 6. The fraction of sp³-hybridized carbons (Fsp3) is 0.364. The van der Waals surface area contributed by atoms with Crippen molar-refractivity contribution in [2.24, 2.45) is 0 Å². The first-order valence-corrected chi connectivity index (χ1v) is 14.9. The average molecular weight is 588 g/mol. The predicted octanol–water partition coefficient (Wildman–Crippen LogP) is 3.17. The number of fused-ring (bicyclic) bond motifs is 1. The minimum Gasteiger partial charge on any atom is -0.296 e. The third-order valence-corrected chi connectivity index (χ3v) is 9.34. The van der Waals surface area contributed by atoms with Crippen LogP contribution in [0.3, 0.4) is 0 Å². The van der Waals surface area contributed by atoms with Crippen LogP contribution in [0.5, 0.6) is 0 Å². The van der Waals surface area contributed by atoms with Crippen molar-refractivity contribution in [3.8, 4) is 0 Å². The number of benzene rings is 2. The Morgan fingerprint density at radius 3 is 2.62 bits per heavy atom. The fourth-order valence-corrected chi connectivity index (χ4v) is 6.17. The number of nitrogens with one attached hydrogen (secondary N) is 1. The minimum absolute atomic E-state index is 0.269. The maximum absolute atomic E-state index is 13.2. The Kier molecular flexibility index (Phi) is 8.21. The summed E-state index contributed by atoms with van der Waals surface area (Å²) in [4.78, 5) is 20.6. The van der Waals surface area contributed by atoms with E-state index in [9.17, 15) is 13.2 Å². The van der Waals surface area contributed by atoms with E-state index in [0.717, 1.165) is 36.2 Å². The summed E-state index contributed by atoms with van der Waals surface area (Å²) in [5, 5.41) is 0.936. The van der Waals surface area contributed by atoms with E-state index >= 15 is 0 Å². The lowest BCUT2D eigenvalue weighted by Gasteiger charge is -2.33. The first kappa shape index (κ1) is 25.5. The van der Waals surface area contributed by atoms with Crippen LogP contribution in [0.1, 0.15) is 12.5 Å². The van der Waals surface area contributed by atoms with E-state index in [-0.39, 0.29) is 5.56 Å². The van der Waals surface area contributed by atoms with E-state index in [1.165, 1.54) is 11.0 Å². The summed E-state index contributed by atoms with van der Waals surface area (Å²) in [5.74, 6) is 0.484. The molecule has 1 aromatic heterocycles. The van der Waals surface area contributed by atoms with Gasteiger partial charge in [-0.15, -0.1) is 4.21 Å². The molecule has 1 N–H and O–H groups in total. The first-order chi connectivity index (χ1) is 16.3. The van der Waals surface area contributed by atoms with Gasteiger partial charge in [-0.2, -0.15) is 0 Å². The Morgan fingerprint density at radius 1 is 1.21 bits per heavy atom. The second-order valence-electron chi connectivity index (χ2n) is 7.98. The van der Waals surface area contributed by atoms with E-state index < -0.39 is 21.8 Å². The minimum atomic E-state index is -1.61. The van der Waals surface area contributed by atoms with Crippen LogP contribution in [-0.4, -0.2) is 61.3 Å². The molecule has 4 rings (SSSR count). The van der Waals surface area contributed by atoms with E-state index in [2.05, 4.69) is 31.2 Å². The van der Waals surface area contributed by atoms with Crippen molar-refractivity contribution in [3.63, 3.8) is 0 Å². The van der Waals surface area contributed by atoms with Gasteiger partial charge in [-0.05, 0) is 42.8 Å². The van der Waals surface area contributed by atoms with Crippen LogP contribution < -0.4 is 11.0 Å². The summed E-state index contributed by atoms with van der Waals surface area (Å²) >= 11 is 9.76. The summed E-state index contributed by atoms with van der Waals surface area (Å²) in [5.41, 5.74) is 4.90. The number of halogens is 2. The lowest BCUT2D eigenvalue weighted by atomic mass is 10.1. The van der Waals surface area contributed by atoms with Gasteiger partial charge in [0.05, 0.1) is 21.9 Å². The van der Waals surface area contributed by atoms with Gasteiger partial charge in [0.15, 0.2) is 4.90 Å². The summed E-state index contributed by atoms with van der Waals surface area (Å²) in [6.07, 6.45) is 3.14. The standard InChI is InChI=1S/C22H25BrClN5O3S2/c1-3-34(32)21-5-4-16(24)11-20(21)26-29-14-25-19-10-15(18(23)12-17(19)22(29)30)13-27-6-8-28(9-7-27)33(2)31/h4-5,10-12,14,26H,3,6-9,13H2,1-2H3/p+1. The van der Waals surface area contributed by atoms with E-state index in [4.69, 9.17) is 11.6 Å². The number of thiol groups is 1. The second kappa shape index (κ2) is 11.0. The van der Waals surface area contributed by atoms with Gasteiger partial charge in [-0.1, -0.05) is 27.5 Å². The molecule has 34 heavy (non-hydrogen) atoms. The smallest absolute Gasteiger partial charge is 0.280 e. The van der Waals surface area contributed by atoms with Crippen LogP contribution >= 0.6 is 27.5 Å². The molecule has 0 aliphatic carbocycles. The third kappa shape index (κ3) is 5.60. The number of aromatic nitrogens is 2. The maximum Gasteiger partial charge on any atom is 0.280 e. The number of anilines is 1. The molecule has 0 radical (unpaired) electrons. The second-order valence-corrected chi connectivity index (χ2v) is 12.5. The van der Waals surface area contributed by atoms with Crippen molar-refractivity contribution < 1.29 is 8.42 Å². The molecule has 0 bridgehead atoms. The first-order valence-electron chi connectivity index (χ1n) is 10.8.